The summed E-state index contributed by atoms with van der Waals surface area (Å²) in [6, 6.07) is 16.1. The summed E-state index contributed by atoms with van der Waals surface area (Å²) in [5, 5.41) is 10.7. The fourth-order valence-electron chi connectivity index (χ4n) is 2.88. The highest BCUT2D eigenvalue weighted by molar-refractivity contribution is 14.1. The van der Waals surface area contributed by atoms with Gasteiger partial charge >= 0.3 is 5.97 Å². The van der Waals surface area contributed by atoms with Crippen LogP contribution < -0.4 is 9.47 Å². The molecule has 170 valence electrons. The molecule has 0 bridgehead atoms. The van der Waals surface area contributed by atoms with E-state index in [2.05, 4.69) is 0 Å². The number of methoxy groups -OCH3 is 1. The van der Waals surface area contributed by atoms with E-state index in [0.717, 1.165) is 11.1 Å². The predicted octanol–water partition coefficient (Wildman–Crippen LogP) is 5.14. The summed E-state index contributed by atoms with van der Waals surface area (Å²) in [4.78, 5) is 34.9. The minimum atomic E-state index is -0.702. The minimum Gasteiger partial charge on any atom is -0.493 e. The van der Waals surface area contributed by atoms with Gasteiger partial charge in [-0.15, -0.1) is 0 Å². The lowest BCUT2D eigenvalue weighted by molar-refractivity contribution is -0.384. The summed E-state index contributed by atoms with van der Waals surface area (Å²) >= 11 is 2.04. The maximum Gasteiger partial charge on any atom is 0.338 e. The van der Waals surface area contributed by atoms with Crippen LogP contribution in [0.1, 0.15) is 31.8 Å². The third-order valence-electron chi connectivity index (χ3n) is 4.70. The number of non-ortho nitro benzene ring substituents is 1. The standard InChI is InChI=1S/C24H20INO7/c1-15-3-5-16(6-4-15)13-32-23-20(25)11-18(12-22(23)31-2)24(28)33-14-21(27)17-7-9-19(10-8-17)26(29)30/h3-12H,13-14H2,1-2H3. The normalized spacial score (nSPS) is 10.4. The van der Waals surface area contributed by atoms with Gasteiger partial charge in [-0.1, -0.05) is 29.8 Å². The van der Waals surface area contributed by atoms with Gasteiger partial charge in [-0.2, -0.15) is 0 Å². The Morgan fingerprint density at radius 1 is 1.00 bits per heavy atom. The first-order valence-electron chi connectivity index (χ1n) is 9.79. The fraction of sp³-hybridized carbons (Fsp3) is 0.167. The summed E-state index contributed by atoms with van der Waals surface area (Å²) in [6.45, 7) is 1.84. The predicted molar refractivity (Wildman–Crippen MR) is 129 cm³/mol. The van der Waals surface area contributed by atoms with Gasteiger partial charge in [-0.05, 0) is 59.3 Å². The topological polar surface area (TPSA) is 105 Å². The molecule has 0 fully saturated rings. The van der Waals surface area contributed by atoms with Gasteiger partial charge in [-0.3, -0.25) is 14.9 Å². The van der Waals surface area contributed by atoms with E-state index in [1.165, 1.54) is 37.4 Å². The van der Waals surface area contributed by atoms with Gasteiger partial charge in [0, 0.05) is 17.7 Å². The third kappa shape index (κ3) is 6.28. The molecule has 0 atom stereocenters. The van der Waals surface area contributed by atoms with Gasteiger partial charge < -0.3 is 14.2 Å². The highest BCUT2D eigenvalue weighted by Gasteiger charge is 2.18. The molecular formula is C24H20INO7. The molecule has 3 aromatic carbocycles. The number of Topliss-reactive ketones (excluding diaryl/α,β-unsaturated/α-hetero) is 1. The van der Waals surface area contributed by atoms with Crippen molar-refractivity contribution in [2.24, 2.45) is 0 Å². The zero-order valence-corrected chi connectivity index (χ0v) is 20.0. The van der Waals surface area contributed by atoms with E-state index < -0.39 is 23.3 Å². The number of aryl methyl sites for hydroxylation is 1. The monoisotopic (exact) mass is 561 g/mol. The van der Waals surface area contributed by atoms with Gasteiger partial charge in [0.2, 0.25) is 0 Å². The molecule has 0 N–H and O–H groups in total. The largest absolute Gasteiger partial charge is 0.493 e. The lowest BCUT2D eigenvalue weighted by Gasteiger charge is -2.14. The van der Waals surface area contributed by atoms with E-state index in [-0.39, 0.29) is 16.8 Å². The van der Waals surface area contributed by atoms with Gasteiger partial charge in [0.05, 0.1) is 21.2 Å². The Bertz CT molecular complexity index is 1170. The number of hydrogen-bond donors (Lipinski definition) is 0. The number of halogens is 1. The van der Waals surface area contributed by atoms with E-state index in [9.17, 15) is 19.7 Å². The number of carbonyl (C=O) groups excluding carboxylic acids is 2. The Balaban J connectivity index is 1.66. The Labute approximate surface area is 203 Å². The zero-order chi connectivity index (χ0) is 24.0. The van der Waals surface area contributed by atoms with Crippen molar-refractivity contribution in [2.75, 3.05) is 13.7 Å². The Morgan fingerprint density at radius 2 is 1.67 bits per heavy atom. The lowest BCUT2D eigenvalue weighted by Crippen LogP contribution is -2.14. The Morgan fingerprint density at radius 3 is 2.27 bits per heavy atom. The van der Waals surface area contributed by atoms with Crippen molar-refractivity contribution in [1.29, 1.82) is 0 Å². The van der Waals surface area contributed by atoms with Crippen LogP contribution >= 0.6 is 22.6 Å². The highest BCUT2D eigenvalue weighted by atomic mass is 127. The van der Waals surface area contributed by atoms with Crippen LogP contribution in [-0.2, 0) is 11.3 Å². The van der Waals surface area contributed by atoms with Crippen molar-refractivity contribution in [3.05, 3.63) is 96.6 Å². The van der Waals surface area contributed by atoms with Crippen molar-refractivity contribution >= 4 is 40.0 Å². The molecular weight excluding hydrogens is 541 g/mol. The number of esters is 1. The van der Waals surface area contributed by atoms with Crippen LogP contribution in [0.4, 0.5) is 5.69 Å². The third-order valence-corrected chi connectivity index (χ3v) is 5.50. The average molecular weight is 561 g/mol. The minimum absolute atomic E-state index is 0.130. The van der Waals surface area contributed by atoms with E-state index in [1.807, 2.05) is 53.8 Å². The van der Waals surface area contributed by atoms with Gasteiger partial charge in [0.25, 0.3) is 5.69 Å². The first-order chi connectivity index (χ1) is 15.8. The SMILES string of the molecule is COc1cc(C(=O)OCC(=O)c2ccc([N+](=O)[O-])cc2)cc(I)c1OCc1ccc(C)cc1. The molecule has 0 aliphatic heterocycles. The van der Waals surface area contributed by atoms with Crippen molar-refractivity contribution in [3.8, 4) is 11.5 Å². The number of benzene rings is 3. The second-order valence-electron chi connectivity index (χ2n) is 7.07. The molecule has 0 aliphatic carbocycles. The molecule has 3 rings (SSSR count). The fourth-order valence-corrected chi connectivity index (χ4v) is 3.64. The molecule has 0 saturated heterocycles. The molecule has 0 saturated carbocycles. The van der Waals surface area contributed by atoms with Gasteiger partial charge in [-0.25, -0.2) is 4.79 Å². The van der Waals surface area contributed by atoms with Gasteiger partial charge in [0.1, 0.15) is 6.61 Å². The summed E-state index contributed by atoms with van der Waals surface area (Å²) in [5.74, 6) is -0.315. The smallest absolute Gasteiger partial charge is 0.338 e. The molecule has 0 unspecified atom stereocenters. The Kier molecular flexibility index (Phi) is 7.99. The van der Waals surface area contributed by atoms with E-state index >= 15 is 0 Å². The number of nitro groups is 1. The Hall–Kier alpha value is -3.47. The lowest BCUT2D eigenvalue weighted by atomic mass is 10.1. The summed E-state index contributed by atoms with van der Waals surface area (Å²) in [6.07, 6.45) is 0. The summed E-state index contributed by atoms with van der Waals surface area (Å²) in [5.41, 5.74) is 2.43. The molecule has 0 heterocycles. The molecule has 0 aliphatic rings. The molecule has 0 spiro atoms. The number of nitrogens with zero attached hydrogens (tertiary/aromatic N) is 1. The van der Waals surface area contributed by atoms with Crippen LogP contribution in [0.15, 0.2) is 60.7 Å². The van der Waals surface area contributed by atoms with Crippen molar-refractivity contribution in [2.45, 2.75) is 13.5 Å². The second-order valence-corrected chi connectivity index (χ2v) is 8.23. The van der Waals surface area contributed by atoms with Crippen LogP contribution in [0.25, 0.3) is 0 Å². The van der Waals surface area contributed by atoms with Crippen molar-refractivity contribution in [3.63, 3.8) is 0 Å². The zero-order valence-electron chi connectivity index (χ0n) is 17.9. The van der Waals surface area contributed by atoms with E-state index in [1.54, 1.807) is 6.07 Å². The number of ether oxygens (including phenoxy) is 3. The number of nitro benzene ring substituents is 1. The molecule has 33 heavy (non-hydrogen) atoms. The molecule has 0 aromatic heterocycles. The van der Waals surface area contributed by atoms with Crippen molar-refractivity contribution < 1.29 is 28.7 Å². The van der Waals surface area contributed by atoms with Crippen LogP contribution in [-0.4, -0.2) is 30.4 Å². The maximum atomic E-state index is 12.5. The van der Waals surface area contributed by atoms with Crippen LogP contribution in [0.2, 0.25) is 0 Å². The molecule has 3 aromatic rings. The van der Waals surface area contributed by atoms with E-state index in [0.29, 0.717) is 21.7 Å². The highest BCUT2D eigenvalue weighted by Crippen LogP contribution is 2.34. The van der Waals surface area contributed by atoms with Crippen molar-refractivity contribution in [1.82, 2.24) is 0 Å². The number of carbonyl (C=O) groups is 2. The maximum absolute atomic E-state index is 12.5. The number of rotatable bonds is 9. The second kappa shape index (κ2) is 10.9. The number of hydrogen-bond acceptors (Lipinski definition) is 7. The average Bonchev–Trinajstić information content (AvgIpc) is 2.82. The summed E-state index contributed by atoms with van der Waals surface area (Å²) < 4.78 is 17.1. The van der Waals surface area contributed by atoms with Crippen LogP contribution in [0.3, 0.4) is 0 Å². The molecule has 0 radical (unpaired) electrons. The van der Waals surface area contributed by atoms with Crippen LogP contribution in [0.5, 0.6) is 11.5 Å². The number of ketones is 1. The van der Waals surface area contributed by atoms with Crippen LogP contribution in [0, 0.1) is 20.6 Å². The molecule has 0 amide bonds. The first kappa shape index (κ1) is 24.2. The first-order valence-corrected chi connectivity index (χ1v) is 10.9. The van der Waals surface area contributed by atoms with Gasteiger partial charge in [0.15, 0.2) is 23.9 Å². The quantitative estimate of drug-likeness (QED) is 0.117. The molecule has 9 heteroatoms. The van der Waals surface area contributed by atoms with E-state index in [4.69, 9.17) is 14.2 Å². The molecule has 8 nitrogen and oxygen atoms in total. The summed E-state index contributed by atoms with van der Waals surface area (Å²) in [7, 11) is 1.47.